The van der Waals surface area contributed by atoms with Crippen LogP contribution in [0.4, 0.5) is 0 Å². The molecule has 0 atom stereocenters. The first-order valence-electron chi connectivity index (χ1n) is 8.05. The molecular weight excluding hydrogens is 294 g/mol. The summed E-state index contributed by atoms with van der Waals surface area (Å²) in [5.74, 6) is -0.0353. The van der Waals surface area contributed by atoms with E-state index in [2.05, 4.69) is 23.5 Å². The lowest BCUT2D eigenvalue weighted by atomic mass is 9.96. The van der Waals surface area contributed by atoms with Crippen molar-refractivity contribution in [1.29, 1.82) is 0 Å². The van der Waals surface area contributed by atoms with E-state index in [0.29, 0.717) is 6.54 Å². The molecule has 1 amide bonds. The maximum atomic E-state index is 12.9. The van der Waals surface area contributed by atoms with Gasteiger partial charge in [-0.25, -0.2) is 0 Å². The largest absolute Gasteiger partial charge is 0.348 e. The first-order chi connectivity index (χ1) is 11.8. The molecule has 24 heavy (non-hydrogen) atoms. The summed E-state index contributed by atoms with van der Waals surface area (Å²) >= 11 is 0. The lowest BCUT2D eigenvalue weighted by Crippen LogP contribution is -2.23. The van der Waals surface area contributed by atoms with Crippen molar-refractivity contribution >= 4 is 27.5 Å². The van der Waals surface area contributed by atoms with Gasteiger partial charge in [0.15, 0.2) is 0 Å². The molecule has 1 N–H and O–H groups in total. The molecule has 2 heteroatoms. The predicted octanol–water partition coefficient (Wildman–Crippen LogP) is 4.92. The Morgan fingerprint density at radius 2 is 1.25 bits per heavy atom. The normalized spacial score (nSPS) is 10.8. The molecule has 0 fully saturated rings. The van der Waals surface area contributed by atoms with Crippen LogP contribution < -0.4 is 5.32 Å². The van der Waals surface area contributed by atoms with E-state index in [1.807, 2.05) is 66.7 Å². The zero-order valence-electron chi connectivity index (χ0n) is 13.2. The highest BCUT2D eigenvalue weighted by Gasteiger charge is 2.14. The number of hydrogen-bond acceptors (Lipinski definition) is 1. The van der Waals surface area contributed by atoms with E-state index >= 15 is 0 Å². The minimum atomic E-state index is -0.0353. The van der Waals surface area contributed by atoms with E-state index in [1.54, 1.807) is 0 Å². The van der Waals surface area contributed by atoms with Crippen molar-refractivity contribution in [3.63, 3.8) is 0 Å². The third-order valence-corrected chi connectivity index (χ3v) is 4.29. The second-order valence-corrected chi connectivity index (χ2v) is 5.86. The number of fused-ring (bicyclic) bond motifs is 2. The van der Waals surface area contributed by atoms with Crippen molar-refractivity contribution < 1.29 is 4.79 Å². The Kier molecular flexibility index (Phi) is 3.72. The Hall–Kier alpha value is -3.13. The number of amides is 1. The van der Waals surface area contributed by atoms with Gasteiger partial charge < -0.3 is 5.32 Å². The number of carbonyl (C=O) groups excluding carboxylic acids is 1. The molecular formula is C22H17NO. The lowest BCUT2D eigenvalue weighted by molar-refractivity contribution is 0.0954. The first-order valence-corrected chi connectivity index (χ1v) is 8.05. The summed E-state index contributed by atoms with van der Waals surface area (Å²) in [6.07, 6.45) is 0. The zero-order valence-corrected chi connectivity index (χ0v) is 13.2. The Morgan fingerprint density at radius 3 is 1.88 bits per heavy atom. The molecule has 0 bridgehead atoms. The summed E-state index contributed by atoms with van der Waals surface area (Å²) in [5, 5.41) is 7.20. The van der Waals surface area contributed by atoms with Crippen LogP contribution in [0.25, 0.3) is 21.5 Å². The molecule has 2 nitrogen and oxygen atoms in total. The SMILES string of the molecule is O=C(NCc1ccccc1)c1c2ccccc2cc2ccccc12. The summed E-state index contributed by atoms with van der Waals surface area (Å²) in [5.41, 5.74) is 1.84. The number of carbonyl (C=O) groups is 1. The maximum absolute atomic E-state index is 12.9. The highest BCUT2D eigenvalue weighted by atomic mass is 16.1. The fourth-order valence-electron chi connectivity index (χ4n) is 3.12. The fraction of sp³-hybridized carbons (Fsp3) is 0.0455. The molecule has 0 aliphatic carbocycles. The van der Waals surface area contributed by atoms with E-state index in [9.17, 15) is 4.79 Å². The van der Waals surface area contributed by atoms with Gasteiger partial charge in [0.1, 0.15) is 0 Å². The third-order valence-electron chi connectivity index (χ3n) is 4.29. The van der Waals surface area contributed by atoms with Gasteiger partial charge in [0.2, 0.25) is 0 Å². The minimum Gasteiger partial charge on any atom is -0.348 e. The van der Waals surface area contributed by atoms with Gasteiger partial charge in [-0.1, -0.05) is 78.9 Å². The Bertz CT molecular complexity index is 968. The van der Waals surface area contributed by atoms with Crippen LogP contribution in [-0.4, -0.2) is 5.91 Å². The molecule has 0 aromatic heterocycles. The molecule has 0 saturated heterocycles. The molecule has 0 aliphatic heterocycles. The van der Waals surface area contributed by atoms with Gasteiger partial charge in [-0.3, -0.25) is 4.79 Å². The quantitative estimate of drug-likeness (QED) is 0.534. The van der Waals surface area contributed by atoms with Crippen molar-refractivity contribution in [2.75, 3.05) is 0 Å². The highest BCUT2D eigenvalue weighted by molar-refractivity contribution is 6.18. The monoisotopic (exact) mass is 311 g/mol. The Labute approximate surface area is 140 Å². The van der Waals surface area contributed by atoms with Crippen molar-refractivity contribution in [3.8, 4) is 0 Å². The van der Waals surface area contributed by atoms with Crippen LogP contribution in [0.3, 0.4) is 0 Å². The first kappa shape index (κ1) is 14.5. The number of nitrogens with one attached hydrogen (secondary N) is 1. The van der Waals surface area contributed by atoms with E-state index in [0.717, 1.165) is 32.7 Å². The van der Waals surface area contributed by atoms with Crippen LogP contribution >= 0.6 is 0 Å². The molecule has 0 spiro atoms. The second-order valence-electron chi connectivity index (χ2n) is 5.86. The fourth-order valence-corrected chi connectivity index (χ4v) is 3.12. The van der Waals surface area contributed by atoms with Gasteiger partial charge in [0.25, 0.3) is 5.91 Å². The summed E-state index contributed by atoms with van der Waals surface area (Å²) in [7, 11) is 0. The Morgan fingerprint density at radius 1 is 0.708 bits per heavy atom. The van der Waals surface area contributed by atoms with Crippen LogP contribution in [-0.2, 0) is 6.54 Å². The number of hydrogen-bond donors (Lipinski definition) is 1. The minimum absolute atomic E-state index is 0.0353. The molecule has 4 rings (SSSR count). The molecule has 0 saturated carbocycles. The van der Waals surface area contributed by atoms with Gasteiger partial charge in [-0.15, -0.1) is 0 Å². The Balaban J connectivity index is 1.79. The van der Waals surface area contributed by atoms with Crippen LogP contribution in [0.1, 0.15) is 15.9 Å². The van der Waals surface area contributed by atoms with Gasteiger partial charge in [-0.2, -0.15) is 0 Å². The van der Waals surface area contributed by atoms with E-state index in [1.165, 1.54) is 0 Å². The molecule has 4 aromatic rings. The van der Waals surface area contributed by atoms with Crippen LogP contribution in [0.5, 0.6) is 0 Å². The maximum Gasteiger partial charge on any atom is 0.252 e. The van der Waals surface area contributed by atoms with Crippen molar-refractivity contribution in [1.82, 2.24) is 5.32 Å². The number of benzene rings is 4. The van der Waals surface area contributed by atoms with Gasteiger partial charge in [-0.05, 0) is 33.2 Å². The topological polar surface area (TPSA) is 29.1 Å². The summed E-state index contributed by atoms with van der Waals surface area (Å²) in [6.45, 7) is 0.525. The van der Waals surface area contributed by atoms with E-state index in [4.69, 9.17) is 0 Å². The molecule has 0 unspecified atom stereocenters. The zero-order chi connectivity index (χ0) is 16.4. The van der Waals surface area contributed by atoms with Gasteiger partial charge >= 0.3 is 0 Å². The van der Waals surface area contributed by atoms with Crippen molar-refractivity contribution in [2.45, 2.75) is 6.54 Å². The molecule has 0 radical (unpaired) electrons. The van der Waals surface area contributed by atoms with E-state index < -0.39 is 0 Å². The van der Waals surface area contributed by atoms with Crippen LogP contribution in [0.15, 0.2) is 84.9 Å². The third kappa shape index (κ3) is 2.63. The second kappa shape index (κ2) is 6.17. The molecule has 116 valence electrons. The average molecular weight is 311 g/mol. The standard InChI is InChI=1S/C22H17NO/c24-22(23-15-16-8-2-1-3-9-16)21-19-12-6-4-10-17(19)14-18-11-5-7-13-20(18)21/h1-14H,15H2,(H,23,24). The molecule has 0 heterocycles. The molecule has 4 aromatic carbocycles. The van der Waals surface area contributed by atoms with Gasteiger partial charge in [0.05, 0.1) is 5.56 Å². The molecule has 0 aliphatic rings. The summed E-state index contributed by atoms with van der Waals surface area (Å²) in [4.78, 5) is 12.9. The van der Waals surface area contributed by atoms with Crippen LogP contribution in [0, 0.1) is 0 Å². The highest BCUT2D eigenvalue weighted by Crippen LogP contribution is 2.28. The summed E-state index contributed by atoms with van der Waals surface area (Å²) in [6, 6.07) is 28.2. The average Bonchev–Trinajstić information content (AvgIpc) is 2.65. The number of rotatable bonds is 3. The smallest absolute Gasteiger partial charge is 0.252 e. The van der Waals surface area contributed by atoms with E-state index in [-0.39, 0.29) is 5.91 Å². The van der Waals surface area contributed by atoms with Gasteiger partial charge in [0, 0.05) is 6.54 Å². The predicted molar refractivity (Wildman–Crippen MR) is 99.1 cm³/mol. The summed E-state index contributed by atoms with van der Waals surface area (Å²) < 4.78 is 0. The van der Waals surface area contributed by atoms with Crippen molar-refractivity contribution in [3.05, 3.63) is 96.1 Å². The van der Waals surface area contributed by atoms with Crippen molar-refractivity contribution in [2.24, 2.45) is 0 Å². The lowest BCUT2D eigenvalue weighted by Gasteiger charge is -2.12. The van der Waals surface area contributed by atoms with Crippen LogP contribution in [0.2, 0.25) is 0 Å².